The van der Waals surface area contributed by atoms with Crippen molar-refractivity contribution in [3.05, 3.63) is 46.0 Å². The van der Waals surface area contributed by atoms with Crippen LogP contribution in [0.5, 0.6) is 0 Å². The molecule has 3 amide bonds. The second-order valence-electron chi connectivity index (χ2n) is 8.90. The van der Waals surface area contributed by atoms with Crippen LogP contribution < -0.4 is 0 Å². The molecule has 0 N–H and O–H groups in total. The van der Waals surface area contributed by atoms with Gasteiger partial charge in [0.2, 0.25) is 11.7 Å². The number of hydrogen-bond acceptors (Lipinski definition) is 6. The summed E-state index contributed by atoms with van der Waals surface area (Å²) in [6, 6.07) is 4.09. The summed E-state index contributed by atoms with van der Waals surface area (Å²) in [6.07, 6.45) is 0.254. The molecule has 1 aromatic rings. The molecule has 180 valence electrons. The summed E-state index contributed by atoms with van der Waals surface area (Å²) in [5.41, 5.74) is -0.363. The summed E-state index contributed by atoms with van der Waals surface area (Å²) in [6.45, 7) is 4.50. The molecule has 0 bridgehead atoms. The molecule has 0 saturated carbocycles. The monoisotopic (exact) mass is 491 g/mol. The van der Waals surface area contributed by atoms with Gasteiger partial charge in [0, 0.05) is 20.0 Å². The molecule has 0 spiro atoms. The van der Waals surface area contributed by atoms with E-state index >= 15 is 0 Å². The van der Waals surface area contributed by atoms with Gasteiger partial charge in [-0.25, -0.2) is 4.39 Å². The molecule has 2 fully saturated rings. The zero-order valence-corrected chi connectivity index (χ0v) is 19.6. The fourth-order valence-electron chi connectivity index (χ4n) is 4.66. The van der Waals surface area contributed by atoms with Crippen molar-refractivity contribution in [1.82, 2.24) is 14.7 Å². The van der Waals surface area contributed by atoms with Crippen molar-refractivity contribution < 1.29 is 33.1 Å². The number of likely N-dealkylation sites (tertiary alicyclic amines) is 1. The predicted octanol–water partition coefficient (Wildman–Crippen LogP) is 1.63. The second-order valence-corrected chi connectivity index (χ2v) is 9.31. The smallest absolute Gasteiger partial charge is 0.302 e. The van der Waals surface area contributed by atoms with E-state index in [-0.39, 0.29) is 43.5 Å². The van der Waals surface area contributed by atoms with Gasteiger partial charge in [-0.3, -0.25) is 33.8 Å². The number of esters is 1. The maximum atomic E-state index is 13.5. The normalized spacial score (nSPS) is 21.8. The number of carbonyl (C=O) groups excluding carboxylic acids is 5. The molecule has 1 unspecified atom stereocenters. The Kier molecular flexibility index (Phi) is 5.97. The van der Waals surface area contributed by atoms with Crippen LogP contribution in [-0.4, -0.2) is 69.4 Å². The zero-order valence-electron chi connectivity index (χ0n) is 18.9. The van der Waals surface area contributed by atoms with E-state index < -0.39 is 46.7 Å². The Hall–Kier alpha value is -3.27. The first-order valence-electron chi connectivity index (χ1n) is 10.7. The Labute approximate surface area is 200 Å². The summed E-state index contributed by atoms with van der Waals surface area (Å²) in [7, 11) is 0. The Morgan fingerprint density at radius 3 is 2.59 bits per heavy atom. The van der Waals surface area contributed by atoms with Gasteiger partial charge in [0.05, 0.1) is 11.6 Å². The number of amides is 3. The highest BCUT2D eigenvalue weighted by atomic mass is 35.5. The maximum absolute atomic E-state index is 13.5. The van der Waals surface area contributed by atoms with Crippen molar-refractivity contribution in [1.29, 1.82) is 0 Å². The summed E-state index contributed by atoms with van der Waals surface area (Å²) in [4.78, 5) is 67.7. The molecule has 9 nitrogen and oxygen atoms in total. The number of fused-ring (bicyclic) bond motifs is 2. The number of halogens is 2. The molecule has 11 heteroatoms. The van der Waals surface area contributed by atoms with Crippen molar-refractivity contribution >= 4 is 41.1 Å². The van der Waals surface area contributed by atoms with E-state index in [1.165, 1.54) is 48.8 Å². The van der Waals surface area contributed by atoms with E-state index in [1.807, 2.05) is 0 Å². The second kappa shape index (κ2) is 8.50. The van der Waals surface area contributed by atoms with E-state index in [4.69, 9.17) is 16.3 Å². The first-order valence-corrected chi connectivity index (χ1v) is 11.1. The van der Waals surface area contributed by atoms with Gasteiger partial charge in [0.15, 0.2) is 0 Å². The van der Waals surface area contributed by atoms with Crippen molar-refractivity contribution in [2.45, 2.75) is 39.3 Å². The Morgan fingerprint density at radius 2 is 1.94 bits per heavy atom. The first kappa shape index (κ1) is 23.9. The molecule has 0 aliphatic carbocycles. The van der Waals surface area contributed by atoms with E-state index in [1.54, 1.807) is 0 Å². The van der Waals surface area contributed by atoms with Gasteiger partial charge in [-0.05, 0) is 43.5 Å². The van der Waals surface area contributed by atoms with Crippen LogP contribution in [0, 0.1) is 11.7 Å². The lowest BCUT2D eigenvalue weighted by molar-refractivity contribution is -0.154. The highest BCUT2D eigenvalue weighted by Gasteiger charge is 2.59. The molecule has 1 aromatic carbocycles. The van der Waals surface area contributed by atoms with Crippen LogP contribution in [0.25, 0.3) is 0 Å². The van der Waals surface area contributed by atoms with Gasteiger partial charge in [0.25, 0.3) is 11.8 Å². The third-order valence-corrected chi connectivity index (χ3v) is 6.58. The topological polar surface area (TPSA) is 104 Å². The Bertz CT molecular complexity index is 1160. The van der Waals surface area contributed by atoms with Gasteiger partial charge in [-0.15, -0.1) is 0 Å². The van der Waals surface area contributed by atoms with Gasteiger partial charge in [0.1, 0.15) is 29.7 Å². The predicted molar refractivity (Wildman–Crippen MR) is 116 cm³/mol. The number of benzene rings is 1. The Balaban J connectivity index is 1.69. The number of ether oxygens (including phenoxy) is 1. The lowest BCUT2D eigenvalue weighted by Crippen LogP contribution is -2.57. The molecule has 1 atom stereocenters. The molecule has 0 aromatic heterocycles. The van der Waals surface area contributed by atoms with E-state index in [0.29, 0.717) is 11.1 Å². The van der Waals surface area contributed by atoms with E-state index in [0.717, 1.165) is 4.90 Å². The molecular weight excluding hydrogens is 469 g/mol. The van der Waals surface area contributed by atoms with Gasteiger partial charge < -0.3 is 9.64 Å². The number of carbonyl (C=O) groups is 5. The van der Waals surface area contributed by atoms with Crippen LogP contribution in [0.1, 0.15) is 32.8 Å². The fraction of sp³-hybridized carbons (Fsp3) is 0.435. The molecular formula is C23H23ClFN3O6. The highest BCUT2D eigenvalue weighted by molar-refractivity contribution is 6.43. The number of hydrogen-bond donors (Lipinski definition) is 0. The molecule has 3 aliphatic heterocycles. The molecule has 2 saturated heterocycles. The van der Waals surface area contributed by atoms with Crippen LogP contribution in [0.3, 0.4) is 0 Å². The van der Waals surface area contributed by atoms with Gasteiger partial charge in [-0.1, -0.05) is 17.7 Å². The van der Waals surface area contributed by atoms with Crippen LogP contribution in [0.15, 0.2) is 29.6 Å². The van der Waals surface area contributed by atoms with E-state index in [2.05, 4.69) is 0 Å². The quantitative estimate of drug-likeness (QED) is 0.352. The molecule has 3 aliphatic rings. The minimum atomic E-state index is -1.35. The highest BCUT2D eigenvalue weighted by Crippen LogP contribution is 2.43. The third kappa shape index (κ3) is 3.75. The van der Waals surface area contributed by atoms with Gasteiger partial charge in [-0.2, -0.15) is 0 Å². The van der Waals surface area contributed by atoms with Crippen molar-refractivity contribution in [2.75, 3.05) is 19.7 Å². The summed E-state index contributed by atoms with van der Waals surface area (Å²) < 4.78 is 18.5. The van der Waals surface area contributed by atoms with Crippen molar-refractivity contribution in [3.63, 3.8) is 0 Å². The van der Waals surface area contributed by atoms with Crippen molar-refractivity contribution in [2.24, 2.45) is 5.92 Å². The number of rotatable bonds is 5. The number of piperidine rings is 1. The third-order valence-electron chi connectivity index (χ3n) is 6.29. The summed E-state index contributed by atoms with van der Waals surface area (Å²) >= 11 is 5.84. The summed E-state index contributed by atoms with van der Waals surface area (Å²) in [5, 5.41) is -0.0838. The van der Waals surface area contributed by atoms with E-state index in [9.17, 15) is 28.4 Å². The number of ketones is 1. The molecule has 0 radical (unpaired) electrons. The average Bonchev–Trinajstić information content (AvgIpc) is 2.96. The summed E-state index contributed by atoms with van der Waals surface area (Å²) in [5.74, 6) is -5.05. The lowest BCUT2D eigenvalue weighted by Gasteiger charge is -2.41. The van der Waals surface area contributed by atoms with Crippen LogP contribution >= 0.6 is 11.6 Å². The largest absolute Gasteiger partial charge is 0.464 e. The van der Waals surface area contributed by atoms with Crippen LogP contribution in [-0.2, 0) is 35.3 Å². The lowest BCUT2D eigenvalue weighted by atomic mass is 9.83. The van der Waals surface area contributed by atoms with Gasteiger partial charge >= 0.3 is 5.97 Å². The minimum absolute atomic E-state index is 0.0165. The minimum Gasteiger partial charge on any atom is -0.464 e. The first-order chi connectivity index (χ1) is 15.9. The average molecular weight is 492 g/mol. The number of Topliss-reactive ketones (excluding diaryl/α,β-unsaturated/α-hetero) is 1. The zero-order chi connectivity index (χ0) is 24.9. The van der Waals surface area contributed by atoms with Crippen LogP contribution in [0.2, 0.25) is 5.02 Å². The molecule has 34 heavy (non-hydrogen) atoms. The maximum Gasteiger partial charge on any atom is 0.302 e. The molecule has 3 heterocycles. The standard InChI is InChI=1S/C23H23ClFN3O6/c1-12(29)34-9-8-27-19-14-6-7-26(11-13-4-5-16(25)15(24)10-13)20(31)17(14)18(30)21(32)28(19)23(2,3)22(27)33/h4-5,10,17H,6-9,11H2,1-3H3. The number of nitrogens with zero attached hydrogens (tertiary/aromatic N) is 3. The van der Waals surface area contributed by atoms with Crippen molar-refractivity contribution in [3.8, 4) is 0 Å². The fourth-order valence-corrected chi connectivity index (χ4v) is 4.87. The van der Waals surface area contributed by atoms with Crippen LogP contribution in [0.4, 0.5) is 4.39 Å². The Morgan fingerprint density at radius 1 is 1.24 bits per heavy atom. The SMILES string of the molecule is CC(=O)OCCN1C(=O)C(C)(C)N2C(=O)C(=O)C3C(=O)N(Cc4ccc(F)c(Cl)c4)CCC3=C12. The molecule has 4 rings (SSSR count).